The maximum absolute atomic E-state index is 13.3. The molecule has 8 heteroatoms. The van der Waals surface area contributed by atoms with Gasteiger partial charge in [0.1, 0.15) is 0 Å². The number of aliphatic carboxylic acids is 1. The van der Waals surface area contributed by atoms with E-state index < -0.39 is 29.1 Å². The molecule has 6 nitrogen and oxygen atoms in total. The zero-order valence-electron chi connectivity index (χ0n) is 12.6. The number of carboxylic acids is 1. The average molecular weight is 327 g/mol. The fraction of sp³-hybridized carbons (Fsp3) is 0.800. The fourth-order valence-electron chi connectivity index (χ4n) is 4.15. The highest BCUT2D eigenvalue weighted by atomic mass is 19.3. The molecule has 3 aliphatic rings. The molecule has 2 aliphatic carbocycles. The summed E-state index contributed by atoms with van der Waals surface area (Å²) in [6, 6.07) is -0.0404. The zero-order chi connectivity index (χ0) is 16.2. The Kier molecular flexibility index (Phi) is 3.23. The molecular weight excluding hydrogens is 308 g/mol. The van der Waals surface area contributed by atoms with Gasteiger partial charge in [-0.2, -0.15) is 0 Å². The number of alkyl halides is 2. The van der Waals surface area contributed by atoms with Gasteiger partial charge in [0, 0.05) is 37.7 Å². The van der Waals surface area contributed by atoms with Gasteiger partial charge in [0.15, 0.2) is 0 Å². The van der Waals surface area contributed by atoms with Gasteiger partial charge in [-0.05, 0) is 25.7 Å². The molecule has 1 saturated heterocycles. The van der Waals surface area contributed by atoms with Gasteiger partial charge in [-0.1, -0.05) is 5.21 Å². The molecule has 2 atom stereocenters. The number of carboxylic acid groups (broad SMARTS) is 1. The Hall–Kier alpha value is -1.57. The van der Waals surface area contributed by atoms with Crippen LogP contribution < -0.4 is 0 Å². The summed E-state index contributed by atoms with van der Waals surface area (Å²) in [5.74, 6) is -4.35. The molecule has 1 aromatic heterocycles. The first-order chi connectivity index (χ1) is 10.9. The minimum absolute atomic E-state index is 0.0404. The lowest BCUT2D eigenvalue weighted by atomic mass is 9.76. The van der Waals surface area contributed by atoms with Gasteiger partial charge in [-0.25, -0.2) is 13.5 Å². The van der Waals surface area contributed by atoms with Crippen LogP contribution in [0.5, 0.6) is 0 Å². The van der Waals surface area contributed by atoms with Crippen molar-refractivity contribution < 1.29 is 23.4 Å². The van der Waals surface area contributed by atoms with Crippen LogP contribution in [0.25, 0.3) is 0 Å². The second-order valence-electron chi connectivity index (χ2n) is 7.08. The number of ether oxygens (including phenoxy) is 1. The molecular formula is C15H19F2N3O3. The molecule has 0 aromatic carbocycles. The Morgan fingerprint density at radius 3 is 2.61 bits per heavy atom. The minimum Gasteiger partial charge on any atom is -0.481 e. The van der Waals surface area contributed by atoms with E-state index in [0.29, 0.717) is 51.0 Å². The van der Waals surface area contributed by atoms with E-state index in [9.17, 15) is 18.7 Å². The Labute approximate surface area is 131 Å². The molecule has 0 bridgehead atoms. The number of halogens is 2. The molecule has 1 N–H and O–H groups in total. The lowest BCUT2D eigenvalue weighted by Gasteiger charge is -2.32. The van der Waals surface area contributed by atoms with E-state index in [1.165, 1.54) is 0 Å². The van der Waals surface area contributed by atoms with Gasteiger partial charge in [0.05, 0.1) is 17.2 Å². The Morgan fingerprint density at radius 1 is 1.35 bits per heavy atom. The van der Waals surface area contributed by atoms with Gasteiger partial charge in [-0.3, -0.25) is 4.79 Å². The maximum atomic E-state index is 13.3. The molecule has 23 heavy (non-hydrogen) atoms. The Balaban J connectivity index is 1.45. The summed E-state index contributed by atoms with van der Waals surface area (Å²) in [7, 11) is 0. The van der Waals surface area contributed by atoms with Gasteiger partial charge in [0.2, 0.25) is 0 Å². The van der Waals surface area contributed by atoms with Crippen LogP contribution in [0.2, 0.25) is 0 Å². The number of rotatable bonds is 4. The van der Waals surface area contributed by atoms with Crippen molar-refractivity contribution in [2.24, 2.45) is 17.3 Å². The number of fused-ring (bicyclic) bond motifs is 1. The summed E-state index contributed by atoms with van der Waals surface area (Å²) < 4.78 is 33.4. The molecule has 0 spiro atoms. The normalized spacial score (nSPS) is 34.1. The Bertz CT molecular complexity index is 613. The lowest BCUT2D eigenvalue weighted by Crippen LogP contribution is -2.39. The Morgan fingerprint density at radius 2 is 2.00 bits per heavy atom. The van der Waals surface area contributed by atoms with E-state index in [1.54, 1.807) is 10.9 Å². The van der Waals surface area contributed by atoms with Crippen LogP contribution in [0.15, 0.2) is 6.20 Å². The van der Waals surface area contributed by atoms with E-state index in [4.69, 9.17) is 4.74 Å². The molecule has 0 radical (unpaired) electrons. The van der Waals surface area contributed by atoms with E-state index in [1.807, 2.05) is 0 Å². The largest absolute Gasteiger partial charge is 0.481 e. The zero-order valence-corrected chi connectivity index (χ0v) is 12.6. The van der Waals surface area contributed by atoms with Gasteiger partial charge in [0.25, 0.3) is 5.92 Å². The third-order valence-corrected chi connectivity index (χ3v) is 5.77. The number of hydrogen-bond acceptors (Lipinski definition) is 4. The van der Waals surface area contributed by atoms with Gasteiger partial charge in [-0.15, -0.1) is 5.10 Å². The van der Waals surface area contributed by atoms with Crippen molar-refractivity contribution >= 4 is 5.97 Å². The number of nitrogens with zero attached hydrogens (tertiary/aromatic N) is 3. The van der Waals surface area contributed by atoms with Crippen molar-refractivity contribution in [2.75, 3.05) is 13.2 Å². The molecule has 2 unspecified atom stereocenters. The van der Waals surface area contributed by atoms with Crippen molar-refractivity contribution in [2.45, 2.75) is 44.1 Å². The van der Waals surface area contributed by atoms with Gasteiger partial charge < -0.3 is 9.84 Å². The SMILES string of the molecule is O=C(O)C1(Cc2cn(C3CC4C(C3)C4(F)F)nn2)CCOCC1. The summed E-state index contributed by atoms with van der Waals surface area (Å²) in [5, 5.41) is 17.7. The quantitative estimate of drug-likeness (QED) is 0.914. The van der Waals surface area contributed by atoms with Crippen molar-refractivity contribution in [3.63, 3.8) is 0 Å². The first kappa shape index (κ1) is 15.0. The maximum Gasteiger partial charge on any atom is 0.310 e. The molecule has 2 heterocycles. The molecule has 1 aliphatic heterocycles. The van der Waals surface area contributed by atoms with Crippen molar-refractivity contribution in [3.05, 3.63) is 11.9 Å². The number of hydrogen-bond donors (Lipinski definition) is 1. The second kappa shape index (κ2) is 4.96. The standard InChI is InChI=1S/C15H19F2N3O3/c16-15(17)11-5-10(6-12(11)15)20-8-9(18-19-20)7-14(13(21)22)1-3-23-4-2-14/h8,10-12H,1-7H2,(H,21,22). The smallest absolute Gasteiger partial charge is 0.310 e. The molecule has 0 amide bonds. The fourth-order valence-corrected chi connectivity index (χ4v) is 4.15. The highest BCUT2D eigenvalue weighted by Gasteiger charge is 2.71. The van der Waals surface area contributed by atoms with Crippen LogP contribution in [-0.2, 0) is 16.0 Å². The summed E-state index contributed by atoms with van der Waals surface area (Å²) in [5.41, 5.74) is -0.245. The molecule has 4 rings (SSSR count). The molecule has 3 fully saturated rings. The van der Waals surface area contributed by atoms with Crippen LogP contribution in [0.4, 0.5) is 8.78 Å². The molecule has 126 valence electrons. The van der Waals surface area contributed by atoms with Crippen molar-refractivity contribution in [1.29, 1.82) is 0 Å². The first-order valence-corrected chi connectivity index (χ1v) is 8.02. The van der Waals surface area contributed by atoms with Crippen LogP contribution in [0, 0.1) is 17.3 Å². The van der Waals surface area contributed by atoms with E-state index >= 15 is 0 Å². The highest BCUT2D eigenvalue weighted by molar-refractivity contribution is 5.75. The monoisotopic (exact) mass is 327 g/mol. The second-order valence-corrected chi connectivity index (χ2v) is 7.08. The van der Waals surface area contributed by atoms with Crippen LogP contribution in [0.3, 0.4) is 0 Å². The average Bonchev–Trinajstić information content (AvgIpc) is 2.98. The van der Waals surface area contributed by atoms with Gasteiger partial charge >= 0.3 is 5.97 Å². The lowest BCUT2D eigenvalue weighted by molar-refractivity contribution is -0.154. The topological polar surface area (TPSA) is 77.2 Å². The summed E-state index contributed by atoms with van der Waals surface area (Å²) in [4.78, 5) is 11.7. The summed E-state index contributed by atoms with van der Waals surface area (Å²) in [6.07, 6.45) is 3.80. The van der Waals surface area contributed by atoms with Crippen molar-refractivity contribution in [1.82, 2.24) is 15.0 Å². The van der Waals surface area contributed by atoms with Crippen LogP contribution in [-0.4, -0.2) is 45.2 Å². The highest BCUT2D eigenvalue weighted by Crippen LogP contribution is 2.66. The first-order valence-electron chi connectivity index (χ1n) is 8.02. The number of carbonyl (C=O) groups is 1. The third kappa shape index (κ3) is 2.34. The predicted octanol–water partition coefficient (Wildman–Crippen LogP) is 1.92. The third-order valence-electron chi connectivity index (χ3n) is 5.77. The van der Waals surface area contributed by atoms with E-state index in [2.05, 4.69) is 10.3 Å². The van der Waals surface area contributed by atoms with Crippen LogP contribution in [0.1, 0.15) is 37.4 Å². The minimum atomic E-state index is -2.49. The van der Waals surface area contributed by atoms with E-state index in [0.717, 1.165) is 0 Å². The summed E-state index contributed by atoms with van der Waals surface area (Å²) >= 11 is 0. The molecule has 1 aromatic rings. The number of aromatic nitrogens is 3. The van der Waals surface area contributed by atoms with Crippen molar-refractivity contribution in [3.8, 4) is 0 Å². The van der Waals surface area contributed by atoms with E-state index in [-0.39, 0.29) is 6.04 Å². The van der Waals surface area contributed by atoms with Crippen LogP contribution >= 0.6 is 0 Å². The molecule has 2 saturated carbocycles. The summed E-state index contributed by atoms with van der Waals surface area (Å²) in [6.45, 7) is 0.864. The predicted molar refractivity (Wildman–Crippen MR) is 74.0 cm³/mol.